The molecule has 4 heteroatoms. The van der Waals surface area contributed by atoms with Gasteiger partial charge in [-0.05, 0) is 32.1 Å². The highest BCUT2D eigenvalue weighted by molar-refractivity contribution is 5.76. The van der Waals surface area contributed by atoms with Gasteiger partial charge in [0.25, 0.3) is 0 Å². The first-order chi connectivity index (χ1) is 29.7. The number of nitrogens with one attached hydrogen (secondary N) is 1. The van der Waals surface area contributed by atoms with E-state index in [1.807, 2.05) is 6.08 Å². The van der Waals surface area contributed by atoms with Gasteiger partial charge in [0.15, 0.2) is 0 Å². The molecule has 0 aromatic rings. The average Bonchev–Trinajstić information content (AvgIpc) is 3.25. The summed E-state index contributed by atoms with van der Waals surface area (Å²) in [5.41, 5.74) is 0. The second kappa shape index (κ2) is 52.2. The van der Waals surface area contributed by atoms with Crippen molar-refractivity contribution in [3.8, 4) is 0 Å². The van der Waals surface area contributed by atoms with E-state index in [0.717, 1.165) is 32.1 Å². The van der Waals surface area contributed by atoms with Gasteiger partial charge in [-0.15, -0.1) is 0 Å². The maximum Gasteiger partial charge on any atom is 0.220 e. The molecular formula is C56H109NO3. The van der Waals surface area contributed by atoms with E-state index in [1.165, 1.54) is 257 Å². The molecule has 0 spiro atoms. The zero-order valence-electron chi connectivity index (χ0n) is 41.0. The lowest BCUT2D eigenvalue weighted by Gasteiger charge is -2.19. The maximum atomic E-state index is 12.5. The van der Waals surface area contributed by atoms with Gasteiger partial charge in [0.2, 0.25) is 5.91 Å². The third-order valence-electron chi connectivity index (χ3n) is 12.9. The molecule has 0 bridgehead atoms. The van der Waals surface area contributed by atoms with E-state index in [9.17, 15) is 15.0 Å². The number of hydrogen-bond acceptors (Lipinski definition) is 3. The maximum absolute atomic E-state index is 12.5. The van der Waals surface area contributed by atoms with Gasteiger partial charge in [-0.1, -0.05) is 295 Å². The summed E-state index contributed by atoms with van der Waals surface area (Å²) < 4.78 is 0. The molecule has 0 aromatic heterocycles. The summed E-state index contributed by atoms with van der Waals surface area (Å²) in [7, 11) is 0. The minimum Gasteiger partial charge on any atom is -0.394 e. The molecule has 0 aliphatic heterocycles. The summed E-state index contributed by atoms with van der Waals surface area (Å²) in [6.45, 7) is 4.34. The molecule has 0 radical (unpaired) electrons. The molecular weight excluding hydrogens is 735 g/mol. The molecule has 60 heavy (non-hydrogen) atoms. The predicted molar refractivity (Wildman–Crippen MR) is 267 cm³/mol. The molecule has 0 rings (SSSR count). The van der Waals surface area contributed by atoms with E-state index in [-0.39, 0.29) is 12.5 Å². The van der Waals surface area contributed by atoms with E-state index in [1.54, 1.807) is 6.08 Å². The van der Waals surface area contributed by atoms with E-state index in [0.29, 0.717) is 6.42 Å². The Labute approximate surface area is 377 Å². The highest BCUT2D eigenvalue weighted by Gasteiger charge is 2.18. The molecule has 0 aliphatic carbocycles. The zero-order valence-corrected chi connectivity index (χ0v) is 41.0. The number of carbonyl (C=O) groups is 1. The van der Waals surface area contributed by atoms with Crippen LogP contribution in [0.5, 0.6) is 0 Å². The van der Waals surface area contributed by atoms with E-state index in [2.05, 4.69) is 31.3 Å². The molecule has 1 amide bonds. The second-order valence-electron chi connectivity index (χ2n) is 19.0. The van der Waals surface area contributed by atoms with Gasteiger partial charge in [0.05, 0.1) is 18.8 Å². The molecule has 0 heterocycles. The fraction of sp³-hybridized carbons (Fsp3) is 0.911. The number of hydrogen-bond donors (Lipinski definition) is 3. The number of carbonyl (C=O) groups excluding carboxylic acids is 1. The van der Waals surface area contributed by atoms with Crippen LogP contribution in [-0.4, -0.2) is 34.9 Å². The third kappa shape index (κ3) is 47.9. The highest BCUT2D eigenvalue weighted by atomic mass is 16.3. The van der Waals surface area contributed by atoms with E-state index < -0.39 is 12.1 Å². The fourth-order valence-corrected chi connectivity index (χ4v) is 8.73. The lowest BCUT2D eigenvalue weighted by molar-refractivity contribution is -0.123. The van der Waals surface area contributed by atoms with Gasteiger partial charge in [0, 0.05) is 6.42 Å². The quantitative estimate of drug-likeness (QED) is 0.0422. The molecule has 4 nitrogen and oxygen atoms in total. The predicted octanol–water partition coefficient (Wildman–Crippen LogP) is 17.9. The van der Waals surface area contributed by atoms with Gasteiger partial charge >= 0.3 is 0 Å². The largest absolute Gasteiger partial charge is 0.394 e. The van der Waals surface area contributed by atoms with Gasteiger partial charge in [-0.3, -0.25) is 4.79 Å². The van der Waals surface area contributed by atoms with Crippen LogP contribution in [0.25, 0.3) is 0 Å². The first-order valence-electron chi connectivity index (χ1n) is 27.6. The van der Waals surface area contributed by atoms with Crippen LogP contribution >= 0.6 is 0 Å². The number of unbranched alkanes of at least 4 members (excludes halogenated alkanes) is 42. The molecule has 0 aliphatic rings. The first-order valence-corrected chi connectivity index (χ1v) is 27.6. The van der Waals surface area contributed by atoms with Crippen LogP contribution in [0.2, 0.25) is 0 Å². The zero-order chi connectivity index (χ0) is 43.5. The molecule has 0 saturated carbocycles. The van der Waals surface area contributed by atoms with Crippen LogP contribution in [0.15, 0.2) is 24.3 Å². The second-order valence-corrected chi connectivity index (χ2v) is 19.0. The number of aliphatic hydroxyl groups is 2. The van der Waals surface area contributed by atoms with Crippen LogP contribution in [-0.2, 0) is 4.79 Å². The summed E-state index contributed by atoms with van der Waals surface area (Å²) in [5, 5.41) is 23.1. The Bertz CT molecular complexity index is 871. The third-order valence-corrected chi connectivity index (χ3v) is 12.9. The lowest BCUT2D eigenvalue weighted by Crippen LogP contribution is -2.45. The fourth-order valence-electron chi connectivity index (χ4n) is 8.73. The van der Waals surface area contributed by atoms with Crippen molar-refractivity contribution >= 4 is 5.91 Å². The SMILES string of the molecule is CCCCCCCCCCCCCCCCCCCCC/C=C/CC/C=C/C(O)C(CO)NC(=O)CCCCCCCCCCCCCCCCCCCCCCCCC. The summed E-state index contributed by atoms with van der Waals surface area (Å²) in [4.78, 5) is 12.5. The molecule has 2 atom stereocenters. The normalized spacial score (nSPS) is 12.9. The Hall–Kier alpha value is -1.13. The molecule has 0 aromatic carbocycles. The van der Waals surface area contributed by atoms with Gasteiger partial charge in [0.1, 0.15) is 0 Å². The number of aliphatic hydroxyl groups excluding tert-OH is 2. The number of amides is 1. The Morgan fingerprint density at radius 2 is 0.650 bits per heavy atom. The monoisotopic (exact) mass is 844 g/mol. The summed E-state index contributed by atoms with van der Waals surface area (Å²) >= 11 is 0. The Balaban J connectivity index is 3.50. The van der Waals surface area contributed by atoms with E-state index in [4.69, 9.17) is 0 Å². The lowest BCUT2D eigenvalue weighted by atomic mass is 10.0. The van der Waals surface area contributed by atoms with Crippen LogP contribution in [0.1, 0.15) is 309 Å². The van der Waals surface area contributed by atoms with Crippen molar-refractivity contribution in [3.05, 3.63) is 24.3 Å². The average molecular weight is 844 g/mol. The molecule has 2 unspecified atom stereocenters. The Kier molecular flexibility index (Phi) is 51.2. The van der Waals surface area contributed by atoms with Crippen molar-refractivity contribution in [3.63, 3.8) is 0 Å². The smallest absolute Gasteiger partial charge is 0.220 e. The molecule has 0 saturated heterocycles. The van der Waals surface area contributed by atoms with Crippen LogP contribution < -0.4 is 5.32 Å². The van der Waals surface area contributed by atoms with Crippen LogP contribution in [0, 0.1) is 0 Å². The molecule has 0 fully saturated rings. The number of allylic oxidation sites excluding steroid dienone is 3. The number of rotatable bonds is 51. The van der Waals surface area contributed by atoms with Crippen LogP contribution in [0.3, 0.4) is 0 Å². The topological polar surface area (TPSA) is 69.6 Å². The minimum atomic E-state index is -0.859. The van der Waals surface area contributed by atoms with Crippen molar-refractivity contribution in [2.75, 3.05) is 6.61 Å². The van der Waals surface area contributed by atoms with Crippen LogP contribution in [0.4, 0.5) is 0 Å². The molecule has 356 valence electrons. The van der Waals surface area contributed by atoms with Gasteiger partial charge in [-0.25, -0.2) is 0 Å². The standard InChI is InChI=1S/C56H109NO3/c1-3-5-7-9-11-13-15-17-19-21-23-25-27-28-30-31-33-35-37-39-41-43-45-47-49-51-55(59)54(53-58)57-56(60)52-50-48-46-44-42-40-38-36-34-32-29-26-24-22-20-18-16-14-12-10-8-6-4-2/h41,43,49,51,54-55,58-59H,3-40,42,44-48,50,52-53H2,1-2H3,(H,57,60)/b43-41+,51-49+. The van der Waals surface area contributed by atoms with Crippen molar-refractivity contribution in [1.82, 2.24) is 5.32 Å². The van der Waals surface area contributed by atoms with Crippen molar-refractivity contribution < 1.29 is 15.0 Å². The van der Waals surface area contributed by atoms with E-state index >= 15 is 0 Å². The van der Waals surface area contributed by atoms with Gasteiger partial charge in [-0.2, -0.15) is 0 Å². The first kappa shape index (κ1) is 58.9. The Morgan fingerprint density at radius 1 is 0.383 bits per heavy atom. The van der Waals surface area contributed by atoms with Gasteiger partial charge < -0.3 is 15.5 Å². The highest BCUT2D eigenvalue weighted by Crippen LogP contribution is 2.17. The summed E-state index contributed by atoms with van der Waals surface area (Å²) in [6.07, 6.45) is 69.1. The summed E-state index contributed by atoms with van der Waals surface area (Å²) in [5.74, 6) is -0.0669. The minimum absolute atomic E-state index is 0.0669. The van der Waals surface area contributed by atoms with Crippen molar-refractivity contribution in [2.45, 2.75) is 321 Å². The van der Waals surface area contributed by atoms with Crippen molar-refractivity contribution in [1.29, 1.82) is 0 Å². The summed E-state index contributed by atoms with van der Waals surface area (Å²) in [6, 6.07) is -0.636. The molecule has 3 N–H and O–H groups in total. The van der Waals surface area contributed by atoms with Crippen molar-refractivity contribution in [2.24, 2.45) is 0 Å². The Morgan fingerprint density at radius 3 is 0.967 bits per heavy atom.